The van der Waals surface area contributed by atoms with E-state index in [1.54, 1.807) is 4.90 Å². The molecular formula is C30H37N3O5. The molecule has 0 aliphatic carbocycles. The summed E-state index contributed by atoms with van der Waals surface area (Å²) in [5.41, 5.74) is 1.68. The van der Waals surface area contributed by atoms with Gasteiger partial charge in [0.1, 0.15) is 11.6 Å². The van der Waals surface area contributed by atoms with Crippen LogP contribution in [0.15, 0.2) is 48.5 Å². The second-order valence-electron chi connectivity index (χ2n) is 10.9. The summed E-state index contributed by atoms with van der Waals surface area (Å²) in [4.78, 5) is 43.3. The Labute approximate surface area is 223 Å². The molecule has 2 bridgehead atoms. The van der Waals surface area contributed by atoms with Gasteiger partial charge in [-0.2, -0.15) is 0 Å². The van der Waals surface area contributed by atoms with Crippen LogP contribution >= 0.6 is 0 Å². The summed E-state index contributed by atoms with van der Waals surface area (Å²) < 4.78 is 6.77. The lowest BCUT2D eigenvalue weighted by Gasteiger charge is -2.34. The fourth-order valence-electron chi connectivity index (χ4n) is 7.00. The minimum atomic E-state index is -1.09. The first-order valence-electron chi connectivity index (χ1n) is 13.6. The molecule has 5 rings (SSSR count). The lowest BCUT2D eigenvalue weighted by Crippen LogP contribution is -2.53. The Morgan fingerprint density at radius 1 is 1.05 bits per heavy atom. The minimum Gasteiger partial charge on any atom is -0.396 e. The SMILES string of the molecule is CC[C@]12CCC3(O1)C(C(=O)Nc1c(C)cccc1C)N(CCCO)C(=O)[C@@H]3[C@H]2C(=O)NCc1ccccc1. The quantitative estimate of drug-likeness (QED) is 0.472. The number of hydrogen-bond donors (Lipinski definition) is 3. The van der Waals surface area contributed by atoms with Gasteiger partial charge in [-0.25, -0.2) is 0 Å². The molecule has 5 atom stereocenters. The molecule has 1 spiro atoms. The molecule has 3 amide bonds. The third-order valence-corrected chi connectivity index (χ3v) is 8.81. The van der Waals surface area contributed by atoms with Gasteiger partial charge in [-0.15, -0.1) is 0 Å². The molecule has 3 heterocycles. The summed E-state index contributed by atoms with van der Waals surface area (Å²) in [5, 5.41) is 15.7. The van der Waals surface area contributed by atoms with Crippen LogP contribution in [0.5, 0.6) is 0 Å². The number of amides is 3. The number of likely N-dealkylation sites (tertiary alicyclic amines) is 1. The lowest BCUT2D eigenvalue weighted by atomic mass is 9.65. The van der Waals surface area contributed by atoms with Gasteiger partial charge in [-0.1, -0.05) is 55.5 Å². The van der Waals surface area contributed by atoms with Crippen molar-refractivity contribution >= 4 is 23.4 Å². The Morgan fingerprint density at radius 3 is 2.42 bits per heavy atom. The van der Waals surface area contributed by atoms with Gasteiger partial charge in [-0.05, 0) is 56.2 Å². The van der Waals surface area contributed by atoms with Gasteiger partial charge in [0.05, 0.1) is 17.4 Å². The first kappa shape index (κ1) is 26.4. The molecule has 0 saturated carbocycles. The van der Waals surface area contributed by atoms with Crippen LogP contribution in [-0.2, 0) is 25.7 Å². The molecule has 3 saturated heterocycles. The fraction of sp³-hybridized carbons (Fsp3) is 0.500. The Hall–Kier alpha value is -3.23. The summed E-state index contributed by atoms with van der Waals surface area (Å²) >= 11 is 0. The third-order valence-electron chi connectivity index (χ3n) is 8.81. The number of aliphatic hydroxyl groups excluding tert-OH is 1. The van der Waals surface area contributed by atoms with Gasteiger partial charge < -0.3 is 25.4 Å². The number of fused-ring (bicyclic) bond motifs is 1. The normalized spacial score (nSPS) is 29.4. The Balaban J connectivity index is 1.49. The van der Waals surface area contributed by atoms with Crippen molar-refractivity contribution in [3.05, 3.63) is 65.2 Å². The van der Waals surface area contributed by atoms with Gasteiger partial charge >= 0.3 is 0 Å². The van der Waals surface area contributed by atoms with E-state index in [2.05, 4.69) is 10.6 Å². The van der Waals surface area contributed by atoms with E-state index in [1.165, 1.54) is 0 Å². The standard InChI is InChI=1S/C30H37N3O5/c1-4-29-14-15-30(38-29)23(22(29)26(35)31-18-21-12-6-5-7-13-21)28(37)33(16-9-17-34)25(30)27(36)32-24-19(2)10-8-11-20(24)3/h5-8,10-13,22-23,25,34H,4,9,14-18H2,1-3H3,(H,31,35)(H,32,36)/t22-,23-,25?,29+,30?/m0/s1. The summed E-state index contributed by atoms with van der Waals surface area (Å²) in [6, 6.07) is 14.6. The van der Waals surface area contributed by atoms with Gasteiger partial charge in [0.2, 0.25) is 17.7 Å². The minimum absolute atomic E-state index is 0.104. The largest absolute Gasteiger partial charge is 0.396 e. The number of ether oxygens (including phenoxy) is 1. The van der Waals surface area contributed by atoms with Crippen LogP contribution in [0.4, 0.5) is 5.69 Å². The monoisotopic (exact) mass is 519 g/mol. The Morgan fingerprint density at radius 2 is 1.76 bits per heavy atom. The van der Waals surface area contributed by atoms with Crippen molar-refractivity contribution in [2.45, 2.75) is 70.2 Å². The smallest absolute Gasteiger partial charge is 0.250 e. The fourth-order valence-corrected chi connectivity index (χ4v) is 7.00. The highest BCUT2D eigenvalue weighted by molar-refractivity contribution is 6.04. The summed E-state index contributed by atoms with van der Waals surface area (Å²) in [6.07, 6.45) is 2.05. The third kappa shape index (κ3) is 4.10. The van der Waals surface area contributed by atoms with E-state index < -0.39 is 29.1 Å². The average molecular weight is 520 g/mol. The Bertz CT molecular complexity index is 1210. The highest BCUT2D eigenvalue weighted by Crippen LogP contribution is 2.64. The Kier molecular flexibility index (Phi) is 7.05. The molecular weight excluding hydrogens is 482 g/mol. The molecule has 2 unspecified atom stereocenters. The topological polar surface area (TPSA) is 108 Å². The molecule has 2 aromatic rings. The maximum atomic E-state index is 14.0. The zero-order chi connectivity index (χ0) is 27.1. The van der Waals surface area contributed by atoms with Crippen LogP contribution in [0, 0.1) is 25.7 Å². The number of aryl methyl sites for hydroxylation is 2. The lowest BCUT2D eigenvalue weighted by molar-refractivity contribution is -0.146. The number of hydrogen-bond acceptors (Lipinski definition) is 5. The summed E-state index contributed by atoms with van der Waals surface area (Å²) in [7, 11) is 0. The molecule has 2 aromatic carbocycles. The number of aliphatic hydroxyl groups is 1. The van der Waals surface area contributed by atoms with E-state index >= 15 is 0 Å². The number of carbonyl (C=O) groups is 3. The highest BCUT2D eigenvalue weighted by Gasteiger charge is 2.78. The predicted molar refractivity (Wildman–Crippen MR) is 143 cm³/mol. The first-order valence-corrected chi connectivity index (χ1v) is 13.6. The highest BCUT2D eigenvalue weighted by atomic mass is 16.5. The molecule has 3 aliphatic heterocycles. The number of para-hydroxylation sites is 1. The summed E-state index contributed by atoms with van der Waals surface area (Å²) in [6.45, 7) is 6.33. The number of rotatable bonds is 9. The van der Waals surface area contributed by atoms with Crippen LogP contribution in [0.3, 0.4) is 0 Å². The van der Waals surface area contributed by atoms with Gasteiger partial charge in [0.15, 0.2) is 0 Å². The summed E-state index contributed by atoms with van der Waals surface area (Å²) in [5.74, 6) is -2.21. The molecule has 0 radical (unpaired) electrons. The molecule has 202 valence electrons. The number of benzene rings is 2. The van der Waals surface area contributed by atoms with Crippen molar-refractivity contribution in [2.75, 3.05) is 18.5 Å². The van der Waals surface area contributed by atoms with Crippen molar-refractivity contribution in [3.63, 3.8) is 0 Å². The maximum absolute atomic E-state index is 14.0. The van der Waals surface area contributed by atoms with Crippen LogP contribution in [-0.4, -0.2) is 58.1 Å². The molecule has 3 N–H and O–H groups in total. The van der Waals surface area contributed by atoms with Gasteiger partial charge in [-0.3, -0.25) is 14.4 Å². The number of carbonyl (C=O) groups excluding carboxylic acids is 3. The van der Waals surface area contributed by atoms with Crippen molar-refractivity contribution in [1.82, 2.24) is 10.2 Å². The zero-order valence-electron chi connectivity index (χ0n) is 22.3. The number of anilines is 1. The van der Waals surface area contributed by atoms with Crippen molar-refractivity contribution in [3.8, 4) is 0 Å². The number of nitrogens with zero attached hydrogens (tertiary/aromatic N) is 1. The van der Waals surface area contributed by atoms with Crippen molar-refractivity contribution in [1.29, 1.82) is 0 Å². The zero-order valence-corrected chi connectivity index (χ0v) is 22.3. The second-order valence-corrected chi connectivity index (χ2v) is 10.9. The van der Waals surface area contributed by atoms with Crippen LogP contribution in [0.2, 0.25) is 0 Å². The van der Waals surface area contributed by atoms with Crippen LogP contribution < -0.4 is 10.6 Å². The maximum Gasteiger partial charge on any atom is 0.250 e. The molecule has 38 heavy (non-hydrogen) atoms. The van der Waals surface area contributed by atoms with Gasteiger partial charge in [0, 0.05) is 25.4 Å². The molecule has 0 aromatic heterocycles. The van der Waals surface area contributed by atoms with E-state index in [0.717, 1.165) is 22.4 Å². The van der Waals surface area contributed by atoms with Crippen molar-refractivity contribution < 1.29 is 24.2 Å². The molecule has 8 nitrogen and oxygen atoms in total. The van der Waals surface area contributed by atoms with E-state index in [-0.39, 0.29) is 30.9 Å². The van der Waals surface area contributed by atoms with Crippen LogP contribution in [0.25, 0.3) is 0 Å². The molecule has 8 heteroatoms. The van der Waals surface area contributed by atoms with Crippen LogP contribution in [0.1, 0.15) is 49.3 Å². The van der Waals surface area contributed by atoms with Gasteiger partial charge in [0.25, 0.3) is 0 Å². The first-order chi connectivity index (χ1) is 18.3. The van der Waals surface area contributed by atoms with E-state index in [9.17, 15) is 19.5 Å². The van der Waals surface area contributed by atoms with E-state index in [1.807, 2.05) is 69.3 Å². The van der Waals surface area contributed by atoms with Crippen molar-refractivity contribution in [2.24, 2.45) is 11.8 Å². The predicted octanol–water partition coefficient (Wildman–Crippen LogP) is 3.10. The van der Waals surface area contributed by atoms with E-state index in [4.69, 9.17) is 4.74 Å². The van der Waals surface area contributed by atoms with E-state index in [0.29, 0.717) is 32.2 Å². The molecule has 3 fully saturated rings. The molecule has 3 aliphatic rings. The number of nitrogens with one attached hydrogen (secondary N) is 2. The second kappa shape index (κ2) is 10.2. The average Bonchev–Trinajstić information content (AvgIpc) is 3.52.